The van der Waals surface area contributed by atoms with Crippen molar-refractivity contribution in [2.24, 2.45) is 0 Å². The van der Waals surface area contributed by atoms with Gasteiger partial charge in [-0.3, -0.25) is 9.78 Å². The zero-order valence-corrected chi connectivity index (χ0v) is 13.6. The number of rotatable bonds is 7. The number of nitrogens with one attached hydrogen (secondary N) is 1. The Morgan fingerprint density at radius 1 is 1.32 bits per heavy atom. The SMILES string of the molecule is COc1ccc(SCCC(=O)NC(C)c2cccnc2)cc1. The minimum Gasteiger partial charge on any atom is -0.497 e. The Bertz CT molecular complexity index is 587. The molecule has 0 spiro atoms. The second kappa shape index (κ2) is 8.44. The van der Waals surface area contributed by atoms with Crippen LogP contribution in [0, 0.1) is 0 Å². The number of ether oxygens (including phenoxy) is 1. The molecule has 0 aliphatic heterocycles. The van der Waals surface area contributed by atoms with Crippen molar-refractivity contribution in [3.05, 3.63) is 54.4 Å². The molecule has 1 atom stereocenters. The molecule has 1 N–H and O–H groups in total. The van der Waals surface area contributed by atoms with Crippen molar-refractivity contribution in [1.29, 1.82) is 0 Å². The number of aromatic nitrogens is 1. The van der Waals surface area contributed by atoms with Crippen LogP contribution in [0.2, 0.25) is 0 Å². The molecule has 5 heteroatoms. The van der Waals surface area contributed by atoms with Crippen LogP contribution in [0.4, 0.5) is 0 Å². The van der Waals surface area contributed by atoms with E-state index in [1.54, 1.807) is 31.3 Å². The van der Waals surface area contributed by atoms with Crippen molar-refractivity contribution < 1.29 is 9.53 Å². The van der Waals surface area contributed by atoms with Crippen LogP contribution in [0.5, 0.6) is 5.75 Å². The molecule has 0 saturated carbocycles. The smallest absolute Gasteiger partial charge is 0.221 e. The first kappa shape index (κ1) is 16.4. The first-order valence-corrected chi connectivity index (χ1v) is 8.13. The number of thioether (sulfide) groups is 1. The summed E-state index contributed by atoms with van der Waals surface area (Å²) in [5.41, 5.74) is 1.01. The van der Waals surface area contributed by atoms with Crippen LogP contribution in [-0.2, 0) is 4.79 Å². The molecular formula is C17H20N2O2S. The molecule has 0 fully saturated rings. The Morgan fingerprint density at radius 3 is 2.73 bits per heavy atom. The van der Waals surface area contributed by atoms with Crippen LogP contribution in [0.15, 0.2) is 53.7 Å². The van der Waals surface area contributed by atoms with Crippen LogP contribution in [-0.4, -0.2) is 23.8 Å². The van der Waals surface area contributed by atoms with Crippen molar-refractivity contribution in [3.8, 4) is 5.75 Å². The van der Waals surface area contributed by atoms with Crippen LogP contribution >= 0.6 is 11.8 Å². The minimum atomic E-state index is -0.0211. The summed E-state index contributed by atoms with van der Waals surface area (Å²) in [4.78, 5) is 17.1. The van der Waals surface area contributed by atoms with Gasteiger partial charge in [0, 0.05) is 29.5 Å². The lowest BCUT2D eigenvalue weighted by Gasteiger charge is -2.13. The molecule has 1 amide bonds. The molecule has 2 rings (SSSR count). The minimum absolute atomic E-state index is 0.0211. The Hall–Kier alpha value is -2.01. The molecule has 0 aliphatic rings. The lowest BCUT2D eigenvalue weighted by molar-refractivity contribution is -0.121. The second-order valence-corrected chi connectivity index (χ2v) is 6.02. The maximum Gasteiger partial charge on any atom is 0.221 e. The third-order valence-electron chi connectivity index (χ3n) is 3.22. The number of nitrogens with zero attached hydrogens (tertiary/aromatic N) is 1. The van der Waals surface area contributed by atoms with Crippen LogP contribution in [0.3, 0.4) is 0 Å². The first-order valence-electron chi connectivity index (χ1n) is 7.15. The van der Waals surface area contributed by atoms with Gasteiger partial charge in [0.05, 0.1) is 13.2 Å². The predicted molar refractivity (Wildman–Crippen MR) is 89.1 cm³/mol. The summed E-state index contributed by atoms with van der Waals surface area (Å²) in [7, 11) is 1.65. The first-order chi connectivity index (χ1) is 10.7. The molecule has 1 heterocycles. The number of hydrogen-bond acceptors (Lipinski definition) is 4. The number of amides is 1. The topological polar surface area (TPSA) is 51.2 Å². The van der Waals surface area contributed by atoms with E-state index in [0.717, 1.165) is 22.0 Å². The van der Waals surface area contributed by atoms with Gasteiger partial charge >= 0.3 is 0 Å². The fourth-order valence-corrected chi connectivity index (χ4v) is 2.81. The Kier molecular flexibility index (Phi) is 6.27. The average Bonchev–Trinajstić information content (AvgIpc) is 2.56. The van der Waals surface area contributed by atoms with E-state index >= 15 is 0 Å². The molecule has 22 heavy (non-hydrogen) atoms. The van der Waals surface area contributed by atoms with Gasteiger partial charge in [0.2, 0.25) is 5.91 Å². The maximum absolute atomic E-state index is 12.0. The van der Waals surface area contributed by atoms with Crippen molar-refractivity contribution in [1.82, 2.24) is 10.3 Å². The lowest BCUT2D eigenvalue weighted by Crippen LogP contribution is -2.26. The number of methoxy groups -OCH3 is 1. The number of pyridine rings is 1. The van der Waals surface area contributed by atoms with E-state index in [2.05, 4.69) is 10.3 Å². The average molecular weight is 316 g/mol. The highest BCUT2D eigenvalue weighted by Crippen LogP contribution is 2.22. The molecule has 0 radical (unpaired) electrons. The van der Waals surface area contributed by atoms with Crippen LogP contribution in [0.1, 0.15) is 24.9 Å². The molecular weight excluding hydrogens is 296 g/mol. The van der Waals surface area contributed by atoms with E-state index < -0.39 is 0 Å². The van der Waals surface area contributed by atoms with E-state index in [1.807, 2.05) is 43.3 Å². The highest BCUT2D eigenvalue weighted by atomic mass is 32.2. The van der Waals surface area contributed by atoms with E-state index in [4.69, 9.17) is 4.74 Å². The van der Waals surface area contributed by atoms with Crippen molar-refractivity contribution in [3.63, 3.8) is 0 Å². The third kappa shape index (κ3) is 5.07. The lowest BCUT2D eigenvalue weighted by atomic mass is 10.1. The van der Waals surface area contributed by atoms with Crippen molar-refractivity contribution in [2.45, 2.75) is 24.3 Å². The number of carbonyl (C=O) groups is 1. The maximum atomic E-state index is 12.0. The largest absolute Gasteiger partial charge is 0.497 e. The molecule has 1 aromatic carbocycles. The van der Waals surface area contributed by atoms with E-state index in [9.17, 15) is 4.79 Å². The van der Waals surface area contributed by atoms with Crippen molar-refractivity contribution in [2.75, 3.05) is 12.9 Å². The fourth-order valence-electron chi connectivity index (χ4n) is 1.96. The summed E-state index contributed by atoms with van der Waals surface area (Å²) >= 11 is 1.66. The van der Waals surface area contributed by atoms with E-state index in [1.165, 1.54) is 0 Å². The summed E-state index contributed by atoms with van der Waals surface area (Å²) in [5.74, 6) is 1.64. The Morgan fingerprint density at radius 2 is 2.09 bits per heavy atom. The Labute approximate surface area is 135 Å². The summed E-state index contributed by atoms with van der Waals surface area (Å²) in [6.07, 6.45) is 3.99. The molecule has 0 saturated heterocycles. The van der Waals surface area contributed by atoms with E-state index in [-0.39, 0.29) is 11.9 Å². The number of carbonyl (C=O) groups excluding carboxylic acids is 1. The monoisotopic (exact) mass is 316 g/mol. The highest BCUT2D eigenvalue weighted by Gasteiger charge is 2.09. The summed E-state index contributed by atoms with van der Waals surface area (Å²) in [6.45, 7) is 1.96. The van der Waals surface area contributed by atoms with Gasteiger partial charge in [-0.25, -0.2) is 0 Å². The van der Waals surface area contributed by atoms with Gasteiger partial charge in [0.1, 0.15) is 5.75 Å². The van der Waals surface area contributed by atoms with Gasteiger partial charge in [-0.05, 0) is 42.8 Å². The summed E-state index contributed by atoms with van der Waals surface area (Å²) in [6, 6.07) is 11.7. The number of hydrogen-bond donors (Lipinski definition) is 1. The van der Waals surface area contributed by atoms with Crippen LogP contribution in [0.25, 0.3) is 0 Å². The van der Waals surface area contributed by atoms with Gasteiger partial charge in [-0.15, -0.1) is 11.8 Å². The van der Waals surface area contributed by atoms with Crippen LogP contribution < -0.4 is 10.1 Å². The molecule has 0 bridgehead atoms. The zero-order chi connectivity index (χ0) is 15.8. The molecule has 4 nitrogen and oxygen atoms in total. The zero-order valence-electron chi connectivity index (χ0n) is 12.8. The quantitative estimate of drug-likeness (QED) is 0.795. The molecule has 2 aromatic rings. The summed E-state index contributed by atoms with van der Waals surface area (Å²) in [5, 5.41) is 2.99. The van der Waals surface area contributed by atoms with E-state index in [0.29, 0.717) is 6.42 Å². The van der Waals surface area contributed by atoms with Gasteiger partial charge in [-0.2, -0.15) is 0 Å². The van der Waals surface area contributed by atoms with Crippen molar-refractivity contribution >= 4 is 17.7 Å². The fraction of sp³-hybridized carbons (Fsp3) is 0.294. The van der Waals surface area contributed by atoms with Gasteiger partial charge in [0.15, 0.2) is 0 Å². The molecule has 0 aliphatic carbocycles. The normalized spacial score (nSPS) is 11.7. The Balaban J connectivity index is 1.73. The second-order valence-electron chi connectivity index (χ2n) is 4.85. The number of benzene rings is 1. The molecule has 1 aromatic heterocycles. The standard InChI is InChI=1S/C17H20N2O2S/c1-13(14-4-3-10-18-12-14)19-17(20)9-11-22-16-7-5-15(21-2)6-8-16/h3-8,10,12-13H,9,11H2,1-2H3,(H,19,20). The molecule has 1 unspecified atom stereocenters. The molecule has 116 valence electrons. The van der Waals surface area contributed by atoms with Gasteiger partial charge < -0.3 is 10.1 Å². The summed E-state index contributed by atoms with van der Waals surface area (Å²) < 4.78 is 5.12. The third-order valence-corrected chi connectivity index (χ3v) is 4.23. The van der Waals surface area contributed by atoms with Gasteiger partial charge in [0.25, 0.3) is 0 Å². The predicted octanol–water partition coefficient (Wildman–Crippen LogP) is 3.45. The highest BCUT2D eigenvalue weighted by molar-refractivity contribution is 7.99. The van der Waals surface area contributed by atoms with Gasteiger partial charge in [-0.1, -0.05) is 6.07 Å².